The average molecular weight is 427 g/mol. The molecule has 7 heteroatoms. The van der Waals surface area contributed by atoms with Crippen molar-refractivity contribution >= 4 is 5.91 Å². The highest BCUT2D eigenvalue weighted by Crippen LogP contribution is 2.34. The molecule has 4 rings (SSSR count). The molecule has 0 radical (unpaired) electrons. The highest BCUT2D eigenvalue weighted by atomic mass is 19.1. The Morgan fingerprint density at radius 1 is 1.00 bits per heavy atom. The lowest BCUT2D eigenvalue weighted by Gasteiger charge is -2.37. The maximum Gasteiger partial charge on any atom is 0.287 e. The number of furan rings is 1. The molecule has 1 fully saturated rings. The largest absolute Gasteiger partial charge is 0.486 e. The molecule has 1 aromatic heterocycles. The normalized spacial score (nSPS) is 15.4. The zero-order valence-electron chi connectivity index (χ0n) is 16.9. The maximum absolute atomic E-state index is 13.8. The van der Waals surface area contributed by atoms with E-state index in [0.29, 0.717) is 44.1 Å². The zero-order chi connectivity index (χ0) is 21.7. The minimum Gasteiger partial charge on any atom is -0.486 e. The Morgan fingerprint density at radius 3 is 2.52 bits per heavy atom. The number of amides is 1. The van der Waals surface area contributed by atoms with Crippen LogP contribution in [-0.2, 0) is 16.8 Å². The molecule has 0 atom stereocenters. The Labute approximate surface area is 179 Å². The van der Waals surface area contributed by atoms with E-state index in [-0.39, 0.29) is 29.9 Å². The van der Waals surface area contributed by atoms with Crippen molar-refractivity contribution in [2.24, 2.45) is 0 Å². The molecular formula is C24H23F2NO4. The predicted molar refractivity (Wildman–Crippen MR) is 110 cm³/mol. The lowest BCUT2D eigenvalue weighted by Crippen LogP contribution is -2.44. The smallest absolute Gasteiger partial charge is 0.287 e. The van der Waals surface area contributed by atoms with Crippen molar-refractivity contribution in [3.8, 4) is 5.75 Å². The highest BCUT2D eigenvalue weighted by molar-refractivity contribution is 5.91. The first-order valence-corrected chi connectivity index (χ1v) is 10.1. The first kappa shape index (κ1) is 21.1. The molecule has 162 valence electrons. The van der Waals surface area contributed by atoms with E-state index in [1.807, 2.05) is 6.07 Å². The first-order chi connectivity index (χ1) is 15.0. The number of halogens is 2. The van der Waals surface area contributed by atoms with Gasteiger partial charge in [-0.15, -0.1) is 0 Å². The van der Waals surface area contributed by atoms with E-state index in [9.17, 15) is 13.6 Å². The van der Waals surface area contributed by atoms with E-state index in [1.54, 1.807) is 18.2 Å². The fourth-order valence-corrected chi connectivity index (χ4v) is 3.75. The van der Waals surface area contributed by atoms with Crippen LogP contribution in [0.3, 0.4) is 0 Å². The number of carbonyl (C=O) groups is 1. The van der Waals surface area contributed by atoms with E-state index in [4.69, 9.17) is 13.9 Å². The van der Waals surface area contributed by atoms with Gasteiger partial charge in [0.2, 0.25) is 0 Å². The summed E-state index contributed by atoms with van der Waals surface area (Å²) < 4.78 is 43.4. The summed E-state index contributed by atoms with van der Waals surface area (Å²) in [6, 6.07) is 15.4. The number of ether oxygens (including phenoxy) is 2. The van der Waals surface area contributed by atoms with Crippen LogP contribution in [0.4, 0.5) is 8.78 Å². The van der Waals surface area contributed by atoms with Crippen LogP contribution in [0.25, 0.3) is 0 Å². The van der Waals surface area contributed by atoms with Gasteiger partial charge < -0.3 is 19.2 Å². The van der Waals surface area contributed by atoms with Gasteiger partial charge in [-0.1, -0.05) is 12.1 Å². The molecule has 1 N–H and O–H groups in total. The molecule has 0 saturated carbocycles. The second-order valence-electron chi connectivity index (χ2n) is 7.59. The van der Waals surface area contributed by atoms with Crippen molar-refractivity contribution < 1.29 is 27.5 Å². The molecule has 3 aromatic rings. The topological polar surface area (TPSA) is 60.7 Å². The van der Waals surface area contributed by atoms with Crippen LogP contribution >= 0.6 is 0 Å². The molecule has 0 bridgehead atoms. The van der Waals surface area contributed by atoms with Crippen molar-refractivity contribution in [2.75, 3.05) is 19.8 Å². The van der Waals surface area contributed by atoms with Crippen LogP contribution < -0.4 is 10.1 Å². The van der Waals surface area contributed by atoms with Crippen molar-refractivity contribution in [1.29, 1.82) is 0 Å². The molecule has 1 aliphatic heterocycles. The lowest BCUT2D eigenvalue weighted by molar-refractivity contribution is 0.0483. The third-order valence-corrected chi connectivity index (χ3v) is 5.55. The SMILES string of the molecule is O=C(NCC1(c2cccc(F)c2)CCOCC1)c1ccc(COc2ccc(F)cc2)o1. The van der Waals surface area contributed by atoms with Crippen LogP contribution in [-0.4, -0.2) is 25.7 Å². The average Bonchev–Trinajstić information content (AvgIpc) is 3.27. The molecule has 1 amide bonds. The van der Waals surface area contributed by atoms with Crippen LogP contribution in [0, 0.1) is 11.6 Å². The molecule has 2 heterocycles. The van der Waals surface area contributed by atoms with Gasteiger partial charge in [0.15, 0.2) is 5.76 Å². The van der Waals surface area contributed by atoms with E-state index >= 15 is 0 Å². The number of carbonyl (C=O) groups excluding carboxylic acids is 1. The van der Waals surface area contributed by atoms with Crippen molar-refractivity contribution in [3.63, 3.8) is 0 Å². The monoisotopic (exact) mass is 427 g/mol. The first-order valence-electron chi connectivity index (χ1n) is 10.1. The van der Waals surface area contributed by atoms with Crippen LogP contribution in [0.2, 0.25) is 0 Å². The molecule has 5 nitrogen and oxygen atoms in total. The quantitative estimate of drug-likeness (QED) is 0.598. The van der Waals surface area contributed by atoms with Gasteiger partial charge in [0.25, 0.3) is 5.91 Å². The predicted octanol–water partition coefficient (Wildman–Crippen LogP) is 4.62. The molecule has 0 unspecified atom stereocenters. The standard InChI is InChI=1S/C24H23F2NO4/c25-18-4-6-20(7-5-18)30-15-21-8-9-22(31-21)23(28)27-16-24(10-12-29-13-11-24)17-2-1-3-19(26)14-17/h1-9,14H,10-13,15-16H2,(H,27,28). The van der Waals surface area contributed by atoms with E-state index < -0.39 is 5.41 Å². The van der Waals surface area contributed by atoms with Gasteiger partial charge in [0, 0.05) is 25.2 Å². The minimum atomic E-state index is -0.392. The van der Waals surface area contributed by atoms with E-state index in [1.165, 1.54) is 36.4 Å². The Hall–Kier alpha value is -3.19. The number of rotatable bonds is 7. The number of hydrogen-bond donors (Lipinski definition) is 1. The summed E-state index contributed by atoms with van der Waals surface area (Å²) >= 11 is 0. The molecule has 0 spiro atoms. The van der Waals surface area contributed by atoms with Crippen molar-refractivity contribution in [2.45, 2.75) is 24.9 Å². The summed E-state index contributed by atoms with van der Waals surface area (Å²) in [5, 5.41) is 2.93. The maximum atomic E-state index is 13.8. The Bertz CT molecular complexity index is 1030. The molecule has 1 aliphatic rings. The third-order valence-electron chi connectivity index (χ3n) is 5.55. The molecule has 0 aliphatic carbocycles. The Morgan fingerprint density at radius 2 is 1.77 bits per heavy atom. The molecule has 2 aromatic carbocycles. The summed E-state index contributed by atoms with van der Waals surface area (Å²) in [7, 11) is 0. The Kier molecular flexibility index (Phi) is 6.32. The van der Waals surface area contributed by atoms with Crippen molar-refractivity contribution in [3.05, 3.63) is 89.4 Å². The number of benzene rings is 2. The third kappa shape index (κ3) is 5.11. The highest BCUT2D eigenvalue weighted by Gasteiger charge is 2.35. The number of hydrogen-bond acceptors (Lipinski definition) is 4. The number of nitrogens with one attached hydrogen (secondary N) is 1. The summed E-state index contributed by atoms with van der Waals surface area (Å²) in [5.74, 6) is 0.145. The fourth-order valence-electron chi connectivity index (χ4n) is 3.75. The molecule has 31 heavy (non-hydrogen) atoms. The van der Waals surface area contributed by atoms with Gasteiger partial charge in [0.1, 0.15) is 29.8 Å². The van der Waals surface area contributed by atoms with E-state index in [2.05, 4.69) is 5.32 Å². The van der Waals surface area contributed by atoms with Crippen LogP contribution in [0.15, 0.2) is 65.1 Å². The van der Waals surface area contributed by atoms with Gasteiger partial charge in [0.05, 0.1) is 0 Å². The second-order valence-corrected chi connectivity index (χ2v) is 7.59. The van der Waals surface area contributed by atoms with Gasteiger partial charge in [-0.2, -0.15) is 0 Å². The minimum absolute atomic E-state index is 0.115. The molecule has 1 saturated heterocycles. The molecular weight excluding hydrogens is 404 g/mol. The summed E-state index contributed by atoms with van der Waals surface area (Å²) in [6.07, 6.45) is 1.37. The lowest BCUT2D eigenvalue weighted by atomic mass is 9.74. The fraction of sp³-hybridized carbons (Fsp3) is 0.292. The summed E-state index contributed by atoms with van der Waals surface area (Å²) in [6.45, 7) is 1.57. The second kappa shape index (κ2) is 9.31. The van der Waals surface area contributed by atoms with Gasteiger partial charge in [-0.05, 0) is 66.9 Å². The van der Waals surface area contributed by atoms with Crippen molar-refractivity contribution in [1.82, 2.24) is 5.32 Å². The van der Waals surface area contributed by atoms with Gasteiger partial charge >= 0.3 is 0 Å². The zero-order valence-corrected chi connectivity index (χ0v) is 16.9. The Balaban J connectivity index is 1.39. The van der Waals surface area contributed by atoms with E-state index in [0.717, 1.165) is 5.56 Å². The van der Waals surface area contributed by atoms with Gasteiger partial charge in [-0.3, -0.25) is 4.79 Å². The summed E-state index contributed by atoms with van der Waals surface area (Å²) in [5.41, 5.74) is 0.459. The van der Waals surface area contributed by atoms with Crippen LogP contribution in [0.5, 0.6) is 5.75 Å². The van der Waals surface area contributed by atoms with Crippen LogP contribution in [0.1, 0.15) is 34.7 Å². The van der Waals surface area contributed by atoms with Gasteiger partial charge in [-0.25, -0.2) is 8.78 Å². The summed E-state index contributed by atoms with van der Waals surface area (Å²) in [4.78, 5) is 12.7.